The molecule has 0 radical (unpaired) electrons. The van der Waals surface area contributed by atoms with Crippen LogP contribution in [0.3, 0.4) is 0 Å². The van der Waals surface area contributed by atoms with E-state index >= 15 is 0 Å². The summed E-state index contributed by atoms with van der Waals surface area (Å²) in [6.07, 6.45) is 4.91. The number of nitrogens with one attached hydrogen (secondary N) is 1. The van der Waals surface area contributed by atoms with Crippen LogP contribution in [0.4, 0.5) is 5.69 Å². The van der Waals surface area contributed by atoms with Crippen LogP contribution < -0.4 is 14.4 Å². The molecule has 8 nitrogen and oxygen atoms in total. The molecule has 0 aromatic heterocycles. The van der Waals surface area contributed by atoms with Gasteiger partial charge in [0.25, 0.3) is 0 Å². The highest BCUT2D eigenvalue weighted by molar-refractivity contribution is 7.92. The quantitative estimate of drug-likeness (QED) is 0.272. The fraction of sp³-hybridized carbons (Fsp3) is 0.355. The first-order valence-electron chi connectivity index (χ1n) is 13.8. The van der Waals surface area contributed by atoms with Crippen LogP contribution in [-0.4, -0.2) is 50.0 Å². The zero-order valence-corrected chi connectivity index (χ0v) is 26.0. The standard InChI is InChI=1S/C31H35Cl2N3O5S/c1-22(31(38)34-26-10-6-7-11-26)35(19-24-12-13-25(32)18-29(24)33)30(37)20-36(42(2,39)40)27-14-16-28(17-15-27)41-21-23-8-4-3-5-9-23/h3-5,8-9,12-18,22,26H,6-7,10-11,19-21H2,1-2H3,(H,34,38)/t22-/m0/s1. The van der Waals surface area contributed by atoms with Crippen LogP contribution in [0.2, 0.25) is 10.0 Å². The molecule has 2 amide bonds. The second kappa shape index (κ2) is 14.3. The van der Waals surface area contributed by atoms with Crippen molar-refractivity contribution in [3.05, 3.63) is 94.0 Å². The zero-order valence-electron chi connectivity index (χ0n) is 23.6. The van der Waals surface area contributed by atoms with Gasteiger partial charge in [0.1, 0.15) is 24.9 Å². The summed E-state index contributed by atoms with van der Waals surface area (Å²) in [5.41, 5.74) is 1.88. The molecule has 0 saturated heterocycles. The van der Waals surface area contributed by atoms with Crippen molar-refractivity contribution in [1.29, 1.82) is 0 Å². The maximum Gasteiger partial charge on any atom is 0.244 e. The molecule has 3 aromatic carbocycles. The Morgan fingerprint density at radius 2 is 1.67 bits per heavy atom. The van der Waals surface area contributed by atoms with Crippen molar-refractivity contribution >= 4 is 50.7 Å². The molecule has 3 aromatic rings. The molecule has 1 saturated carbocycles. The Hall–Kier alpha value is -3.27. The summed E-state index contributed by atoms with van der Waals surface area (Å²) in [5.74, 6) is -0.297. The van der Waals surface area contributed by atoms with Crippen LogP contribution in [0.15, 0.2) is 72.8 Å². The summed E-state index contributed by atoms with van der Waals surface area (Å²) in [7, 11) is -3.86. The summed E-state index contributed by atoms with van der Waals surface area (Å²) in [6, 6.07) is 20.2. The normalized spacial score (nSPS) is 14.3. The van der Waals surface area contributed by atoms with Crippen LogP contribution >= 0.6 is 23.2 Å². The van der Waals surface area contributed by atoms with Gasteiger partial charge in [0.05, 0.1) is 11.9 Å². The number of amides is 2. The summed E-state index contributed by atoms with van der Waals surface area (Å²) in [5, 5.41) is 3.82. The predicted molar refractivity (Wildman–Crippen MR) is 166 cm³/mol. The van der Waals surface area contributed by atoms with Crippen molar-refractivity contribution in [1.82, 2.24) is 10.2 Å². The average Bonchev–Trinajstić information content (AvgIpc) is 3.47. The van der Waals surface area contributed by atoms with Crippen LogP contribution in [0.5, 0.6) is 5.75 Å². The largest absolute Gasteiger partial charge is 0.489 e. The third kappa shape index (κ3) is 8.63. The highest BCUT2D eigenvalue weighted by Gasteiger charge is 2.31. The van der Waals surface area contributed by atoms with E-state index in [-0.39, 0.29) is 18.5 Å². The average molecular weight is 633 g/mol. The number of benzene rings is 3. The van der Waals surface area contributed by atoms with E-state index in [1.165, 1.54) is 4.90 Å². The Labute approximate surface area is 257 Å². The molecule has 0 spiro atoms. The molecule has 1 aliphatic rings. The van der Waals surface area contributed by atoms with Crippen molar-refractivity contribution < 1.29 is 22.7 Å². The molecule has 0 bridgehead atoms. The molecular formula is C31H35Cl2N3O5S. The van der Waals surface area contributed by atoms with E-state index in [4.69, 9.17) is 27.9 Å². The minimum absolute atomic E-state index is 0.00203. The molecule has 0 unspecified atom stereocenters. The lowest BCUT2D eigenvalue weighted by Crippen LogP contribution is -2.52. The van der Waals surface area contributed by atoms with E-state index in [1.54, 1.807) is 49.4 Å². The van der Waals surface area contributed by atoms with Gasteiger partial charge in [0.2, 0.25) is 21.8 Å². The fourth-order valence-corrected chi connectivity index (χ4v) is 6.19. The van der Waals surface area contributed by atoms with Crippen molar-refractivity contribution in [3.63, 3.8) is 0 Å². The number of carbonyl (C=O) groups is 2. The number of carbonyl (C=O) groups excluding carboxylic acids is 2. The number of sulfonamides is 1. The molecule has 1 fully saturated rings. The van der Waals surface area contributed by atoms with Crippen molar-refractivity contribution in [3.8, 4) is 5.75 Å². The Bertz CT molecular complexity index is 1480. The van der Waals surface area contributed by atoms with E-state index < -0.39 is 28.5 Å². The van der Waals surface area contributed by atoms with Crippen LogP contribution in [0.1, 0.15) is 43.7 Å². The highest BCUT2D eigenvalue weighted by atomic mass is 35.5. The third-order valence-corrected chi connectivity index (χ3v) is 9.00. The van der Waals surface area contributed by atoms with Crippen molar-refractivity contribution in [2.75, 3.05) is 17.1 Å². The van der Waals surface area contributed by atoms with E-state index in [0.717, 1.165) is 41.8 Å². The van der Waals surface area contributed by atoms with Gasteiger partial charge < -0.3 is 15.0 Å². The molecular weight excluding hydrogens is 597 g/mol. The first kappa shape index (κ1) is 31.7. The van der Waals surface area contributed by atoms with Crippen LogP contribution in [0.25, 0.3) is 0 Å². The molecule has 4 rings (SSSR count). The first-order chi connectivity index (χ1) is 20.0. The molecule has 1 N–H and O–H groups in total. The number of ether oxygens (including phenoxy) is 1. The van der Waals surface area contributed by atoms with Gasteiger partial charge in [0.15, 0.2) is 0 Å². The zero-order chi connectivity index (χ0) is 30.3. The summed E-state index contributed by atoms with van der Waals surface area (Å²) >= 11 is 12.5. The number of hydrogen-bond acceptors (Lipinski definition) is 5. The van der Waals surface area contributed by atoms with Crippen molar-refractivity contribution in [2.45, 2.75) is 57.8 Å². The topological polar surface area (TPSA) is 96.0 Å². The molecule has 42 heavy (non-hydrogen) atoms. The molecule has 11 heteroatoms. The number of hydrogen-bond donors (Lipinski definition) is 1. The van der Waals surface area contributed by atoms with E-state index in [2.05, 4.69) is 5.32 Å². The fourth-order valence-electron chi connectivity index (χ4n) is 4.87. The third-order valence-electron chi connectivity index (χ3n) is 7.28. The minimum Gasteiger partial charge on any atom is -0.489 e. The predicted octanol–water partition coefficient (Wildman–Crippen LogP) is 5.81. The van der Waals surface area contributed by atoms with Crippen molar-refractivity contribution in [2.24, 2.45) is 0 Å². The first-order valence-corrected chi connectivity index (χ1v) is 16.4. The lowest BCUT2D eigenvalue weighted by Gasteiger charge is -2.32. The Balaban J connectivity index is 1.54. The number of nitrogens with zero attached hydrogens (tertiary/aromatic N) is 2. The number of halogens is 2. The van der Waals surface area contributed by atoms with Gasteiger partial charge in [-0.1, -0.05) is 72.4 Å². The van der Waals surface area contributed by atoms with Gasteiger partial charge in [-0.15, -0.1) is 0 Å². The smallest absolute Gasteiger partial charge is 0.244 e. The molecule has 1 aliphatic carbocycles. The maximum atomic E-state index is 13.8. The van der Waals surface area contributed by atoms with Gasteiger partial charge in [-0.3, -0.25) is 13.9 Å². The highest BCUT2D eigenvalue weighted by Crippen LogP contribution is 2.26. The minimum atomic E-state index is -3.86. The second-order valence-corrected chi connectivity index (χ2v) is 13.2. The molecule has 1 atom stereocenters. The molecule has 224 valence electrons. The summed E-state index contributed by atoms with van der Waals surface area (Å²) < 4.78 is 32.6. The number of anilines is 1. The van der Waals surface area contributed by atoms with Crippen LogP contribution in [0, 0.1) is 0 Å². The molecule has 0 heterocycles. The van der Waals surface area contributed by atoms with Gasteiger partial charge in [-0.25, -0.2) is 8.42 Å². The van der Waals surface area contributed by atoms with E-state index in [0.29, 0.717) is 33.7 Å². The number of rotatable bonds is 12. The lowest BCUT2D eigenvalue weighted by molar-refractivity contribution is -0.139. The van der Waals surface area contributed by atoms with Gasteiger partial charge in [-0.2, -0.15) is 0 Å². The van der Waals surface area contributed by atoms with Gasteiger partial charge in [0, 0.05) is 22.6 Å². The summed E-state index contributed by atoms with van der Waals surface area (Å²) in [6.45, 7) is 1.49. The Morgan fingerprint density at radius 3 is 2.29 bits per heavy atom. The molecule has 0 aliphatic heterocycles. The second-order valence-electron chi connectivity index (χ2n) is 10.5. The Kier molecular flexibility index (Phi) is 10.8. The van der Waals surface area contributed by atoms with E-state index in [1.807, 2.05) is 30.3 Å². The van der Waals surface area contributed by atoms with Gasteiger partial charge in [-0.05, 0) is 67.3 Å². The van der Waals surface area contributed by atoms with E-state index in [9.17, 15) is 18.0 Å². The maximum absolute atomic E-state index is 13.8. The SMILES string of the molecule is C[C@@H](C(=O)NC1CCCC1)N(Cc1ccc(Cl)cc1Cl)C(=O)CN(c1ccc(OCc2ccccc2)cc1)S(C)(=O)=O. The van der Waals surface area contributed by atoms with Gasteiger partial charge >= 0.3 is 0 Å². The lowest BCUT2D eigenvalue weighted by atomic mass is 10.1. The summed E-state index contributed by atoms with van der Waals surface area (Å²) in [4.78, 5) is 28.4. The van der Waals surface area contributed by atoms with Crippen LogP contribution in [-0.2, 0) is 32.8 Å². The Morgan fingerprint density at radius 1 is 1.00 bits per heavy atom. The monoisotopic (exact) mass is 631 g/mol.